The fourth-order valence-corrected chi connectivity index (χ4v) is 4.17. The maximum atomic E-state index is 13.9. The molecule has 1 aliphatic rings. The highest BCUT2D eigenvalue weighted by atomic mass is 19.3. The van der Waals surface area contributed by atoms with Gasteiger partial charge in [0, 0.05) is 42.8 Å². The number of aromatic nitrogens is 3. The minimum Gasteiger partial charge on any atom is -0.487 e. The normalized spacial score (nSPS) is 17.3. The van der Waals surface area contributed by atoms with E-state index >= 15 is 0 Å². The monoisotopic (exact) mass is 501 g/mol. The van der Waals surface area contributed by atoms with Crippen molar-refractivity contribution in [3.63, 3.8) is 0 Å². The Balaban J connectivity index is 1.58. The number of nitrogens with one attached hydrogen (secondary N) is 1. The summed E-state index contributed by atoms with van der Waals surface area (Å²) in [6, 6.07) is 5.06. The molecule has 0 radical (unpaired) electrons. The van der Waals surface area contributed by atoms with Crippen LogP contribution in [0.5, 0.6) is 5.75 Å². The number of nitrogens with zero attached hydrogens (tertiary/aromatic N) is 4. The minimum absolute atomic E-state index is 0.00864. The quantitative estimate of drug-likeness (QED) is 0.361. The highest BCUT2D eigenvalue weighted by molar-refractivity contribution is 5.81. The zero-order valence-electron chi connectivity index (χ0n) is 20.3. The van der Waals surface area contributed by atoms with E-state index in [4.69, 9.17) is 14.5 Å². The average molecular weight is 502 g/mol. The van der Waals surface area contributed by atoms with Crippen LogP contribution < -0.4 is 10.1 Å². The summed E-state index contributed by atoms with van der Waals surface area (Å²) in [5.74, 6) is 0.206. The molecule has 1 aromatic carbocycles. The Morgan fingerprint density at radius 1 is 1.36 bits per heavy atom. The summed E-state index contributed by atoms with van der Waals surface area (Å²) >= 11 is 0. The van der Waals surface area contributed by atoms with Gasteiger partial charge in [-0.2, -0.15) is 5.10 Å². The Morgan fingerprint density at radius 2 is 2.19 bits per heavy atom. The highest BCUT2D eigenvalue weighted by Gasteiger charge is 2.19. The van der Waals surface area contributed by atoms with Crippen molar-refractivity contribution in [2.45, 2.75) is 44.9 Å². The third-order valence-electron chi connectivity index (χ3n) is 6.02. The van der Waals surface area contributed by atoms with Crippen LogP contribution in [0.25, 0.3) is 11.2 Å². The topological polar surface area (TPSA) is 63.9 Å². The van der Waals surface area contributed by atoms with Crippen LogP contribution >= 0.6 is 0 Å². The van der Waals surface area contributed by atoms with Gasteiger partial charge in [-0.15, -0.1) is 0 Å². The Hall–Kier alpha value is -3.53. The summed E-state index contributed by atoms with van der Waals surface area (Å²) in [5.41, 5.74) is 2.64. The number of hydrogen-bond donors (Lipinski definition) is 1. The zero-order chi connectivity index (χ0) is 25.7. The zero-order valence-corrected chi connectivity index (χ0v) is 20.3. The van der Waals surface area contributed by atoms with Gasteiger partial charge in [0.15, 0.2) is 5.65 Å². The van der Waals surface area contributed by atoms with Crippen molar-refractivity contribution in [2.75, 3.05) is 25.6 Å². The van der Waals surface area contributed by atoms with Crippen LogP contribution in [0.15, 0.2) is 55.5 Å². The molecule has 1 N–H and O–H groups in total. The second kappa shape index (κ2) is 11.5. The number of halogens is 3. The van der Waals surface area contributed by atoms with Crippen LogP contribution in [-0.2, 0) is 4.74 Å². The second-order valence-corrected chi connectivity index (χ2v) is 8.66. The number of allylic oxidation sites excluding steroid dienone is 2. The van der Waals surface area contributed by atoms with E-state index in [-0.39, 0.29) is 12.0 Å². The predicted molar refractivity (Wildman–Crippen MR) is 132 cm³/mol. The number of anilines is 1. The van der Waals surface area contributed by atoms with Crippen molar-refractivity contribution < 1.29 is 22.6 Å². The SMILES string of the molecule is C=C/C(=C\N(C)C1CCCCO1)c1cnn2ccc(N[C@H](C)c3cc(F)ccc3OCC(F)F)nc12. The minimum atomic E-state index is -2.63. The number of hydrogen-bond acceptors (Lipinski definition) is 6. The van der Waals surface area contributed by atoms with Crippen molar-refractivity contribution in [3.05, 3.63) is 72.5 Å². The standard InChI is InChI=1S/C26H30F3N5O2/c1-4-18(15-33(3)25-7-5-6-12-35-25)21-14-30-34-11-10-24(32-26(21)34)31-17(2)20-13-19(27)8-9-22(20)36-16-23(28)29/h4,8-11,13-15,17,23,25H,1,5-7,12,16H2,2-3H3,(H,31,32)/b18-15+/t17-,25?/m1/s1. The summed E-state index contributed by atoms with van der Waals surface area (Å²) < 4.78 is 52.0. The van der Waals surface area contributed by atoms with Crippen LogP contribution in [0.4, 0.5) is 19.0 Å². The molecule has 0 saturated carbocycles. The molecular weight excluding hydrogens is 471 g/mol. The lowest BCUT2D eigenvalue weighted by Crippen LogP contribution is -2.33. The second-order valence-electron chi connectivity index (χ2n) is 8.66. The molecule has 7 nitrogen and oxygen atoms in total. The number of alkyl halides is 2. The molecule has 0 aliphatic carbocycles. The van der Waals surface area contributed by atoms with Crippen molar-refractivity contribution >= 4 is 17.0 Å². The van der Waals surface area contributed by atoms with Gasteiger partial charge in [-0.1, -0.05) is 12.7 Å². The molecule has 0 spiro atoms. The number of benzene rings is 1. The lowest BCUT2D eigenvalue weighted by molar-refractivity contribution is -0.0557. The fraction of sp³-hybridized carbons (Fsp3) is 0.385. The van der Waals surface area contributed by atoms with E-state index in [0.29, 0.717) is 17.0 Å². The van der Waals surface area contributed by atoms with Gasteiger partial charge >= 0.3 is 0 Å². The molecule has 2 atom stereocenters. The molecule has 1 fully saturated rings. The van der Waals surface area contributed by atoms with E-state index in [1.54, 1.807) is 36.0 Å². The maximum absolute atomic E-state index is 13.9. The maximum Gasteiger partial charge on any atom is 0.272 e. The third-order valence-corrected chi connectivity index (χ3v) is 6.02. The number of ether oxygens (including phenoxy) is 2. The van der Waals surface area contributed by atoms with Crippen molar-refractivity contribution in [3.8, 4) is 5.75 Å². The first kappa shape index (κ1) is 25.6. The van der Waals surface area contributed by atoms with E-state index in [0.717, 1.165) is 37.0 Å². The first-order chi connectivity index (χ1) is 17.4. The molecule has 2 aromatic heterocycles. The van der Waals surface area contributed by atoms with E-state index in [2.05, 4.69) is 17.0 Å². The smallest absolute Gasteiger partial charge is 0.272 e. The number of rotatable bonds is 10. The first-order valence-electron chi connectivity index (χ1n) is 11.8. The van der Waals surface area contributed by atoms with E-state index < -0.39 is 24.9 Å². The van der Waals surface area contributed by atoms with Crippen LogP contribution in [0.3, 0.4) is 0 Å². The summed E-state index contributed by atoms with van der Waals surface area (Å²) in [6.07, 6.45) is 7.74. The van der Waals surface area contributed by atoms with Gasteiger partial charge in [-0.3, -0.25) is 0 Å². The molecule has 36 heavy (non-hydrogen) atoms. The van der Waals surface area contributed by atoms with Crippen LogP contribution in [0.1, 0.15) is 43.4 Å². The molecule has 0 amide bonds. The molecule has 10 heteroatoms. The molecule has 192 valence electrons. The Morgan fingerprint density at radius 3 is 2.92 bits per heavy atom. The summed E-state index contributed by atoms with van der Waals surface area (Å²) in [4.78, 5) is 6.75. The van der Waals surface area contributed by atoms with E-state index in [1.165, 1.54) is 18.2 Å². The molecule has 3 heterocycles. The average Bonchev–Trinajstić information content (AvgIpc) is 3.29. The van der Waals surface area contributed by atoms with Crippen LogP contribution in [-0.4, -0.2) is 52.4 Å². The summed E-state index contributed by atoms with van der Waals surface area (Å²) in [6.45, 7) is 5.72. The van der Waals surface area contributed by atoms with Gasteiger partial charge in [-0.25, -0.2) is 22.7 Å². The van der Waals surface area contributed by atoms with Gasteiger partial charge in [-0.05, 0) is 50.5 Å². The highest BCUT2D eigenvalue weighted by Crippen LogP contribution is 2.30. The van der Waals surface area contributed by atoms with Gasteiger partial charge in [0.1, 0.15) is 30.2 Å². The van der Waals surface area contributed by atoms with Crippen molar-refractivity contribution in [1.82, 2.24) is 19.5 Å². The van der Waals surface area contributed by atoms with Gasteiger partial charge in [0.25, 0.3) is 6.43 Å². The van der Waals surface area contributed by atoms with E-state index in [1.807, 2.05) is 18.1 Å². The molecule has 1 aliphatic heterocycles. The third kappa shape index (κ3) is 5.99. The fourth-order valence-electron chi connectivity index (χ4n) is 4.17. The van der Waals surface area contributed by atoms with E-state index in [9.17, 15) is 13.2 Å². The number of fused-ring (bicyclic) bond motifs is 1. The largest absolute Gasteiger partial charge is 0.487 e. The molecule has 4 rings (SSSR count). The van der Waals surface area contributed by atoms with Gasteiger partial charge < -0.3 is 19.7 Å². The van der Waals surface area contributed by atoms with Crippen LogP contribution in [0, 0.1) is 5.82 Å². The van der Waals surface area contributed by atoms with Crippen molar-refractivity contribution in [2.24, 2.45) is 0 Å². The molecule has 0 bridgehead atoms. The first-order valence-corrected chi connectivity index (χ1v) is 11.8. The molecule has 1 saturated heterocycles. The Labute approximate surface area is 208 Å². The van der Waals surface area contributed by atoms with Crippen molar-refractivity contribution in [1.29, 1.82) is 0 Å². The molecule has 3 aromatic rings. The molecule has 1 unspecified atom stereocenters. The lowest BCUT2D eigenvalue weighted by atomic mass is 10.1. The van der Waals surface area contributed by atoms with Crippen LogP contribution in [0.2, 0.25) is 0 Å². The Bertz CT molecular complexity index is 1220. The summed E-state index contributed by atoms with van der Waals surface area (Å²) in [7, 11) is 1.97. The lowest BCUT2D eigenvalue weighted by Gasteiger charge is -2.30. The Kier molecular flexibility index (Phi) is 8.14. The summed E-state index contributed by atoms with van der Waals surface area (Å²) in [5, 5.41) is 7.61. The van der Waals surface area contributed by atoms with Gasteiger partial charge in [0.2, 0.25) is 0 Å². The molecular formula is C26H30F3N5O2. The van der Waals surface area contributed by atoms with Gasteiger partial charge in [0.05, 0.1) is 12.2 Å². The predicted octanol–water partition coefficient (Wildman–Crippen LogP) is 5.67.